The van der Waals surface area contributed by atoms with E-state index >= 15 is 0 Å². The molecule has 0 saturated heterocycles. The van der Waals surface area contributed by atoms with Gasteiger partial charge in [0.05, 0.1) is 17.4 Å². The van der Waals surface area contributed by atoms with E-state index in [-0.39, 0.29) is 5.56 Å². The van der Waals surface area contributed by atoms with Gasteiger partial charge in [0.15, 0.2) is 5.13 Å². The van der Waals surface area contributed by atoms with Crippen LogP contribution in [-0.2, 0) is 18.9 Å². The van der Waals surface area contributed by atoms with E-state index in [1.807, 2.05) is 12.1 Å². The normalized spacial score (nSPS) is 11.2. The largest absolute Gasteiger partial charge is 0.494 e. The van der Waals surface area contributed by atoms with Crippen molar-refractivity contribution >= 4 is 38.7 Å². The molecule has 26 heavy (non-hydrogen) atoms. The zero-order valence-electron chi connectivity index (χ0n) is 14.3. The van der Waals surface area contributed by atoms with Crippen molar-refractivity contribution in [2.45, 2.75) is 0 Å². The summed E-state index contributed by atoms with van der Waals surface area (Å²) in [5, 5.41) is 3.09. The molecule has 134 valence electrons. The van der Waals surface area contributed by atoms with Crippen LogP contribution >= 0.6 is 11.3 Å². The molecule has 0 aliphatic heterocycles. The lowest BCUT2D eigenvalue weighted by Crippen LogP contribution is -2.37. The van der Waals surface area contributed by atoms with Crippen molar-refractivity contribution < 1.29 is 9.53 Å². The standard InChI is InChI=1S/C17H16N4O4S/c1-20-9-10(15(23)21(2)17(20)24)7-8-13(22)18-16-19-14-11(25-3)5-4-6-12(14)26-16/h4-9H,1-3H3,(H,18,19,22)/b8-7+. The lowest BCUT2D eigenvalue weighted by Gasteiger charge is -2.03. The summed E-state index contributed by atoms with van der Waals surface area (Å²) in [4.78, 5) is 40.2. The predicted octanol–water partition coefficient (Wildman–Crippen LogP) is 1.35. The van der Waals surface area contributed by atoms with Gasteiger partial charge in [-0.3, -0.25) is 19.5 Å². The fourth-order valence-electron chi connectivity index (χ4n) is 2.40. The number of benzene rings is 1. The van der Waals surface area contributed by atoms with Crippen LogP contribution in [0, 0.1) is 0 Å². The highest BCUT2D eigenvalue weighted by Gasteiger charge is 2.10. The van der Waals surface area contributed by atoms with E-state index < -0.39 is 17.2 Å². The minimum atomic E-state index is -0.470. The van der Waals surface area contributed by atoms with Gasteiger partial charge in [-0.15, -0.1) is 0 Å². The number of rotatable bonds is 4. The van der Waals surface area contributed by atoms with Crippen LogP contribution in [0.3, 0.4) is 0 Å². The van der Waals surface area contributed by atoms with Crippen LogP contribution in [0.15, 0.2) is 40.1 Å². The van der Waals surface area contributed by atoms with Crippen LogP contribution < -0.4 is 21.3 Å². The first-order valence-electron chi connectivity index (χ1n) is 7.60. The molecular formula is C17H16N4O4S. The molecule has 3 rings (SSSR count). The van der Waals surface area contributed by atoms with Crippen molar-refractivity contribution in [3.05, 3.63) is 56.9 Å². The second-order valence-corrected chi connectivity index (χ2v) is 6.52. The van der Waals surface area contributed by atoms with E-state index in [4.69, 9.17) is 4.74 Å². The second-order valence-electron chi connectivity index (χ2n) is 5.49. The van der Waals surface area contributed by atoms with Gasteiger partial charge < -0.3 is 9.30 Å². The zero-order valence-corrected chi connectivity index (χ0v) is 15.2. The summed E-state index contributed by atoms with van der Waals surface area (Å²) in [6, 6.07) is 5.53. The van der Waals surface area contributed by atoms with Crippen molar-refractivity contribution in [3.8, 4) is 5.75 Å². The number of aromatic nitrogens is 3. The summed E-state index contributed by atoms with van der Waals surface area (Å²) in [5.41, 5.74) is 0.00354. The molecule has 0 bridgehead atoms. The molecule has 2 aromatic heterocycles. The number of aryl methyl sites for hydroxylation is 1. The molecule has 1 N–H and O–H groups in total. The van der Waals surface area contributed by atoms with E-state index in [0.29, 0.717) is 16.4 Å². The summed E-state index contributed by atoms with van der Waals surface area (Å²) in [6.45, 7) is 0. The fraction of sp³-hybridized carbons (Fsp3) is 0.176. The first-order valence-corrected chi connectivity index (χ1v) is 8.41. The first kappa shape index (κ1) is 17.6. The van der Waals surface area contributed by atoms with Crippen molar-refractivity contribution in [1.82, 2.24) is 14.1 Å². The maximum absolute atomic E-state index is 12.1. The van der Waals surface area contributed by atoms with Crippen LogP contribution in [0.4, 0.5) is 5.13 Å². The van der Waals surface area contributed by atoms with E-state index in [0.717, 1.165) is 9.27 Å². The maximum atomic E-state index is 12.1. The maximum Gasteiger partial charge on any atom is 0.330 e. The molecule has 0 radical (unpaired) electrons. The SMILES string of the molecule is COc1cccc2sc(NC(=O)/C=C/c3cn(C)c(=O)n(C)c3=O)nc12. The fourth-order valence-corrected chi connectivity index (χ4v) is 3.29. The Morgan fingerprint density at radius 3 is 2.81 bits per heavy atom. The molecule has 0 aliphatic rings. The van der Waals surface area contributed by atoms with E-state index in [9.17, 15) is 14.4 Å². The quantitative estimate of drug-likeness (QED) is 0.698. The molecule has 8 nitrogen and oxygen atoms in total. The van der Waals surface area contributed by atoms with E-state index in [1.165, 1.54) is 48.3 Å². The van der Waals surface area contributed by atoms with Crippen LogP contribution in [-0.4, -0.2) is 27.1 Å². The molecule has 1 aromatic carbocycles. The Hall–Kier alpha value is -3.20. The number of nitrogens with one attached hydrogen (secondary N) is 1. The number of methoxy groups -OCH3 is 1. The molecule has 0 atom stereocenters. The van der Waals surface area contributed by atoms with Crippen molar-refractivity contribution in [2.75, 3.05) is 12.4 Å². The number of ether oxygens (including phenoxy) is 1. The Morgan fingerprint density at radius 2 is 2.08 bits per heavy atom. The third kappa shape index (κ3) is 3.29. The lowest BCUT2D eigenvalue weighted by molar-refractivity contribution is -0.111. The first-order chi connectivity index (χ1) is 12.4. The number of carbonyl (C=O) groups excluding carboxylic acids is 1. The smallest absolute Gasteiger partial charge is 0.330 e. The van der Waals surface area contributed by atoms with Gasteiger partial charge in [0.1, 0.15) is 11.3 Å². The summed E-state index contributed by atoms with van der Waals surface area (Å²) in [5.74, 6) is 0.197. The summed E-state index contributed by atoms with van der Waals surface area (Å²) in [6.07, 6.45) is 3.98. The predicted molar refractivity (Wildman–Crippen MR) is 101 cm³/mol. The number of thiazole rings is 1. The Labute approximate surface area is 152 Å². The number of hydrogen-bond acceptors (Lipinski definition) is 6. The van der Waals surface area contributed by atoms with Gasteiger partial charge in [-0.25, -0.2) is 9.78 Å². The number of hydrogen-bond donors (Lipinski definition) is 1. The van der Waals surface area contributed by atoms with Gasteiger partial charge in [0.25, 0.3) is 5.56 Å². The molecule has 9 heteroatoms. The molecule has 2 heterocycles. The number of amides is 1. The Balaban J connectivity index is 1.83. The molecule has 0 spiro atoms. The van der Waals surface area contributed by atoms with Gasteiger partial charge in [-0.2, -0.15) is 0 Å². The number of fused-ring (bicyclic) bond motifs is 1. The monoisotopic (exact) mass is 372 g/mol. The van der Waals surface area contributed by atoms with Crippen LogP contribution in [0.2, 0.25) is 0 Å². The van der Waals surface area contributed by atoms with E-state index in [2.05, 4.69) is 10.3 Å². The van der Waals surface area contributed by atoms with Crippen LogP contribution in [0.25, 0.3) is 16.3 Å². The van der Waals surface area contributed by atoms with Gasteiger partial charge >= 0.3 is 5.69 Å². The molecule has 1 amide bonds. The third-order valence-electron chi connectivity index (χ3n) is 3.72. The molecule has 0 unspecified atom stereocenters. The number of carbonyl (C=O) groups is 1. The minimum Gasteiger partial charge on any atom is -0.494 e. The minimum absolute atomic E-state index is 0.232. The lowest BCUT2D eigenvalue weighted by atomic mass is 10.3. The van der Waals surface area contributed by atoms with Gasteiger partial charge in [0.2, 0.25) is 5.91 Å². The van der Waals surface area contributed by atoms with Crippen LogP contribution in [0.1, 0.15) is 5.56 Å². The number of anilines is 1. The van der Waals surface area contributed by atoms with Crippen molar-refractivity contribution in [1.29, 1.82) is 0 Å². The Morgan fingerprint density at radius 1 is 1.31 bits per heavy atom. The van der Waals surface area contributed by atoms with Crippen molar-refractivity contribution in [2.24, 2.45) is 14.1 Å². The summed E-state index contributed by atoms with van der Waals surface area (Å²) in [7, 11) is 4.48. The zero-order chi connectivity index (χ0) is 18.8. The van der Waals surface area contributed by atoms with Crippen molar-refractivity contribution in [3.63, 3.8) is 0 Å². The highest BCUT2D eigenvalue weighted by molar-refractivity contribution is 7.22. The van der Waals surface area contributed by atoms with E-state index in [1.54, 1.807) is 13.2 Å². The highest BCUT2D eigenvalue weighted by Crippen LogP contribution is 2.31. The van der Waals surface area contributed by atoms with Gasteiger partial charge in [0, 0.05) is 26.4 Å². The van der Waals surface area contributed by atoms with Crippen LogP contribution in [0.5, 0.6) is 5.75 Å². The third-order valence-corrected chi connectivity index (χ3v) is 4.66. The highest BCUT2D eigenvalue weighted by atomic mass is 32.1. The van der Waals surface area contributed by atoms with Gasteiger partial charge in [-0.1, -0.05) is 17.4 Å². The molecular weight excluding hydrogens is 356 g/mol. The summed E-state index contributed by atoms with van der Waals surface area (Å²) >= 11 is 1.32. The average molecular weight is 372 g/mol. The Kier molecular flexibility index (Phi) is 4.72. The topological polar surface area (TPSA) is 95.2 Å². The Bertz CT molecular complexity index is 1140. The molecule has 3 aromatic rings. The molecule has 0 aliphatic carbocycles. The second kappa shape index (κ2) is 6.96. The van der Waals surface area contributed by atoms with Gasteiger partial charge in [-0.05, 0) is 18.2 Å². The average Bonchev–Trinajstić information content (AvgIpc) is 3.04. The molecule has 0 saturated carbocycles. The molecule has 0 fully saturated rings. The summed E-state index contributed by atoms with van der Waals surface area (Å²) < 4.78 is 8.39. The number of para-hydroxylation sites is 1. The number of nitrogens with zero attached hydrogens (tertiary/aromatic N) is 3.